The van der Waals surface area contributed by atoms with E-state index < -0.39 is 41.6 Å². The summed E-state index contributed by atoms with van der Waals surface area (Å²) in [5, 5.41) is 22.8. The molecule has 3 fully saturated rings. The van der Waals surface area contributed by atoms with Crippen molar-refractivity contribution in [2.24, 2.45) is 17.8 Å². The minimum atomic E-state index is -1.68. The third-order valence-electron chi connectivity index (χ3n) is 9.30. The van der Waals surface area contributed by atoms with E-state index in [1.165, 1.54) is 5.57 Å². The summed E-state index contributed by atoms with van der Waals surface area (Å²) >= 11 is 0. The Balaban J connectivity index is 1.51. The normalized spacial score (nSPS) is 46.1. The van der Waals surface area contributed by atoms with Crippen molar-refractivity contribution in [2.45, 2.75) is 115 Å². The number of aliphatic hydroxyl groups is 2. The van der Waals surface area contributed by atoms with Crippen LogP contribution in [0.15, 0.2) is 47.1 Å². The number of ether oxygens (including phenoxy) is 4. The highest BCUT2D eigenvalue weighted by Crippen LogP contribution is 2.47. The molecule has 0 radical (unpaired) electrons. The smallest absolute Gasteiger partial charge is 0.316 e. The summed E-state index contributed by atoms with van der Waals surface area (Å²) in [5.41, 5.74) is 0.783. The van der Waals surface area contributed by atoms with Gasteiger partial charge in [-0.3, -0.25) is 4.79 Å². The molecular formula is C31H44O7. The van der Waals surface area contributed by atoms with Gasteiger partial charge in [0.15, 0.2) is 5.79 Å². The molecule has 38 heavy (non-hydrogen) atoms. The first-order valence-electron chi connectivity index (χ1n) is 14.3. The molecule has 8 unspecified atom stereocenters. The lowest BCUT2D eigenvalue weighted by molar-refractivity contribution is -0.332. The van der Waals surface area contributed by atoms with Crippen LogP contribution < -0.4 is 0 Å². The maximum Gasteiger partial charge on any atom is 0.316 e. The highest BCUT2D eigenvalue weighted by molar-refractivity contribution is 5.78. The van der Waals surface area contributed by atoms with Crippen molar-refractivity contribution in [2.75, 3.05) is 6.61 Å². The molecule has 2 bridgehead atoms. The SMILES string of the molecule is CC1=CCC2CC(C[C@]3(CCC(C)C(C)O3)O2)OC(=O)C2C=C(C)C(O)C3OCC(=CC=CC(C)C1)[C@@]23O. The van der Waals surface area contributed by atoms with Crippen molar-refractivity contribution >= 4 is 5.97 Å². The van der Waals surface area contributed by atoms with Gasteiger partial charge in [-0.05, 0) is 63.0 Å². The number of rotatable bonds is 0. The summed E-state index contributed by atoms with van der Waals surface area (Å²) in [7, 11) is 0. The molecule has 4 aliphatic heterocycles. The van der Waals surface area contributed by atoms with E-state index in [0.29, 0.717) is 35.8 Å². The number of allylic oxidation sites excluding steroid dienone is 4. The maximum absolute atomic E-state index is 13.8. The van der Waals surface area contributed by atoms with E-state index >= 15 is 0 Å². The van der Waals surface area contributed by atoms with E-state index in [4.69, 9.17) is 18.9 Å². The number of hydrogen-bond acceptors (Lipinski definition) is 7. The van der Waals surface area contributed by atoms with Crippen molar-refractivity contribution < 1.29 is 34.0 Å². The molecule has 0 aromatic carbocycles. The van der Waals surface area contributed by atoms with Crippen molar-refractivity contribution in [3.63, 3.8) is 0 Å². The van der Waals surface area contributed by atoms with Gasteiger partial charge in [0.2, 0.25) is 0 Å². The Kier molecular flexibility index (Phi) is 7.79. The van der Waals surface area contributed by atoms with Gasteiger partial charge in [0.25, 0.3) is 0 Å². The number of hydrogen-bond donors (Lipinski definition) is 2. The largest absolute Gasteiger partial charge is 0.462 e. The second kappa shape index (κ2) is 10.7. The van der Waals surface area contributed by atoms with Gasteiger partial charge in [-0.25, -0.2) is 0 Å². The molecule has 2 N–H and O–H groups in total. The third kappa shape index (κ3) is 5.20. The maximum atomic E-state index is 13.8. The monoisotopic (exact) mass is 528 g/mol. The van der Waals surface area contributed by atoms with Gasteiger partial charge in [-0.15, -0.1) is 0 Å². The van der Waals surface area contributed by atoms with Crippen LogP contribution in [-0.4, -0.2) is 64.7 Å². The third-order valence-corrected chi connectivity index (χ3v) is 9.30. The predicted molar refractivity (Wildman–Crippen MR) is 143 cm³/mol. The first kappa shape index (κ1) is 27.8. The van der Waals surface area contributed by atoms with Crippen LogP contribution in [0.4, 0.5) is 0 Å². The summed E-state index contributed by atoms with van der Waals surface area (Å²) in [6, 6.07) is 0. The number of carbonyl (C=O) groups excluding carboxylic acids is 1. The molecule has 5 aliphatic rings. The number of aliphatic hydroxyl groups excluding tert-OH is 1. The molecule has 0 aromatic rings. The molecule has 3 saturated heterocycles. The van der Waals surface area contributed by atoms with E-state index in [9.17, 15) is 15.0 Å². The molecule has 210 valence electrons. The van der Waals surface area contributed by atoms with Crippen LogP contribution in [0.2, 0.25) is 0 Å². The molecule has 0 saturated carbocycles. The van der Waals surface area contributed by atoms with Crippen LogP contribution >= 0.6 is 0 Å². The Hall–Kier alpha value is -1.77. The van der Waals surface area contributed by atoms with Crippen LogP contribution in [-0.2, 0) is 23.7 Å². The molecule has 1 spiro atoms. The zero-order valence-electron chi connectivity index (χ0n) is 23.4. The fraction of sp³-hybridized carbons (Fsp3) is 0.710. The van der Waals surface area contributed by atoms with Crippen LogP contribution in [0, 0.1) is 17.8 Å². The van der Waals surface area contributed by atoms with Crippen molar-refractivity contribution in [1.29, 1.82) is 0 Å². The van der Waals surface area contributed by atoms with Gasteiger partial charge in [0, 0.05) is 19.3 Å². The molecule has 5 rings (SSSR count). The van der Waals surface area contributed by atoms with Gasteiger partial charge in [0.1, 0.15) is 29.8 Å². The lowest BCUT2D eigenvalue weighted by Crippen LogP contribution is -2.58. The van der Waals surface area contributed by atoms with Gasteiger partial charge < -0.3 is 29.2 Å². The molecule has 7 heteroatoms. The Morgan fingerprint density at radius 3 is 2.66 bits per heavy atom. The average molecular weight is 529 g/mol. The molecule has 1 aliphatic carbocycles. The van der Waals surface area contributed by atoms with Crippen molar-refractivity contribution in [3.05, 3.63) is 47.1 Å². The highest BCUT2D eigenvalue weighted by atomic mass is 16.7. The van der Waals surface area contributed by atoms with Crippen LogP contribution in [0.25, 0.3) is 0 Å². The second-order valence-electron chi connectivity index (χ2n) is 12.4. The van der Waals surface area contributed by atoms with Crippen molar-refractivity contribution in [3.8, 4) is 0 Å². The summed E-state index contributed by atoms with van der Waals surface area (Å²) in [6.45, 7) is 10.5. The molecule has 0 aromatic heterocycles. The topological polar surface area (TPSA) is 94.5 Å². The first-order valence-corrected chi connectivity index (χ1v) is 14.3. The molecule has 10 atom stereocenters. The number of carbonyl (C=O) groups is 1. The van der Waals surface area contributed by atoms with Gasteiger partial charge in [0.05, 0.1) is 18.8 Å². The molecule has 4 heterocycles. The zero-order chi connectivity index (χ0) is 27.2. The molecular weight excluding hydrogens is 484 g/mol. The number of fused-ring (bicyclic) bond motifs is 2. The summed E-state index contributed by atoms with van der Waals surface area (Å²) < 4.78 is 25.2. The van der Waals surface area contributed by atoms with E-state index in [-0.39, 0.29) is 18.8 Å². The van der Waals surface area contributed by atoms with E-state index in [2.05, 4.69) is 39.8 Å². The highest BCUT2D eigenvalue weighted by Gasteiger charge is 2.60. The van der Waals surface area contributed by atoms with E-state index in [1.54, 1.807) is 13.0 Å². The van der Waals surface area contributed by atoms with E-state index in [0.717, 1.165) is 25.7 Å². The predicted octanol–water partition coefficient (Wildman–Crippen LogP) is 4.53. The average Bonchev–Trinajstić information content (AvgIpc) is 3.19. The minimum Gasteiger partial charge on any atom is -0.462 e. The number of esters is 1. The molecule has 7 nitrogen and oxygen atoms in total. The lowest BCUT2D eigenvalue weighted by atomic mass is 9.71. The summed E-state index contributed by atoms with van der Waals surface area (Å²) in [6.07, 6.45) is 11.8. The summed E-state index contributed by atoms with van der Waals surface area (Å²) in [4.78, 5) is 13.8. The lowest BCUT2D eigenvalue weighted by Gasteiger charge is -2.49. The Morgan fingerprint density at radius 2 is 1.89 bits per heavy atom. The zero-order valence-corrected chi connectivity index (χ0v) is 23.4. The first-order chi connectivity index (χ1) is 18.0. The van der Waals surface area contributed by atoms with Gasteiger partial charge >= 0.3 is 5.97 Å². The fourth-order valence-corrected chi connectivity index (χ4v) is 6.85. The van der Waals surface area contributed by atoms with Crippen LogP contribution in [0.3, 0.4) is 0 Å². The van der Waals surface area contributed by atoms with Gasteiger partial charge in [-0.1, -0.05) is 49.8 Å². The van der Waals surface area contributed by atoms with Crippen LogP contribution in [0.5, 0.6) is 0 Å². The van der Waals surface area contributed by atoms with Crippen LogP contribution in [0.1, 0.15) is 73.1 Å². The Labute approximate surface area is 226 Å². The second-order valence-corrected chi connectivity index (χ2v) is 12.4. The standard InChI is InChI=1S/C31H44O7/c1-18-7-6-8-23-17-35-28-27(32)21(4)14-26(31(23,28)34)29(33)36-25-15-24(10-9-19(2)13-18)38-30(16-25)12-11-20(3)22(5)37-30/h6-9,14,18,20,22,24-28,32,34H,10-13,15-17H2,1-5H3/t18?,20?,22?,24?,25?,26?,27?,28?,30-,31+/m0/s1. The quantitative estimate of drug-likeness (QED) is 0.352. The van der Waals surface area contributed by atoms with Gasteiger partial charge in [-0.2, -0.15) is 0 Å². The Morgan fingerprint density at radius 1 is 1.11 bits per heavy atom. The Bertz CT molecular complexity index is 1040. The fourth-order valence-electron chi connectivity index (χ4n) is 6.85. The molecule has 0 amide bonds. The van der Waals surface area contributed by atoms with E-state index in [1.807, 2.05) is 12.2 Å². The van der Waals surface area contributed by atoms with Crippen molar-refractivity contribution in [1.82, 2.24) is 0 Å². The summed E-state index contributed by atoms with van der Waals surface area (Å²) in [5.74, 6) is -1.53. The minimum absolute atomic E-state index is 0.0526.